The Labute approximate surface area is 116 Å². The van der Waals surface area contributed by atoms with E-state index in [9.17, 15) is 9.18 Å². The summed E-state index contributed by atoms with van der Waals surface area (Å²) < 4.78 is 15.2. The molecule has 3 N–H and O–H groups in total. The molecule has 106 valence electrons. The average molecular weight is 276 g/mol. The summed E-state index contributed by atoms with van der Waals surface area (Å²) in [6.07, 6.45) is 2.80. The van der Waals surface area contributed by atoms with Gasteiger partial charge in [-0.3, -0.25) is 9.48 Å². The number of carbonyl (C=O) groups is 1. The van der Waals surface area contributed by atoms with Crippen molar-refractivity contribution in [3.8, 4) is 0 Å². The predicted octanol–water partition coefficient (Wildman–Crippen LogP) is 2.33. The van der Waals surface area contributed by atoms with E-state index in [1.165, 1.54) is 18.2 Å². The van der Waals surface area contributed by atoms with Gasteiger partial charge in [-0.25, -0.2) is 4.39 Å². The Kier molecular flexibility index (Phi) is 4.34. The monoisotopic (exact) mass is 276 g/mol. The van der Waals surface area contributed by atoms with E-state index in [0.29, 0.717) is 25.1 Å². The highest BCUT2D eigenvalue weighted by Crippen LogP contribution is 2.17. The van der Waals surface area contributed by atoms with Gasteiger partial charge in [0, 0.05) is 24.8 Å². The summed E-state index contributed by atoms with van der Waals surface area (Å²) >= 11 is 0. The summed E-state index contributed by atoms with van der Waals surface area (Å²) in [5.74, 6) is -0.728. The van der Waals surface area contributed by atoms with Gasteiger partial charge in [0.2, 0.25) is 5.91 Å². The predicted molar refractivity (Wildman–Crippen MR) is 75.6 cm³/mol. The van der Waals surface area contributed by atoms with Crippen molar-refractivity contribution in [2.45, 2.75) is 26.3 Å². The molecule has 0 aliphatic rings. The molecule has 5 nitrogen and oxygen atoms in total. The Hall–Kier alpha value is -2.37. The quantitative estimate of drug-likeness (QED) is 0.823. The van der Waals surface area contributed by atoms with Crippen LogP contribution in [0, 0.1) is 12.7 Å². The normalized spacial score (nSPS) is 10.5. The first-order valence-electron chi connectivity index (χ1n) is 6.39. The molecular weight excluding hydrogens is 259 g/mol. The average Bonchev–Trinajstić information content (AvgIpc) is 2.80. The van der Waals surface area contributed by atoms with Crippen molar-refractivity contribution in [2.75, 3.05) is 11.1 Å². The van der Waals surface area contributed by atoms with E-state index in [0.717, 1.165) is 5.69 Å². The number of nitrogen functional groups attached to an aromatic ring is 1. The number of amides is 1. The molecule has 0 fully saturated rings. The van der Waals surface area contributed by atoms with Gasteiger partial charge in [0.1, 0.15) is 5.82 Å². The molecule has 0 saturated heterocycles. The van der Waals surface area contributed by atoms with Crippen LogP contribution in [-0.4, -0.2) is 15.7 Å². The fourth-order valence-corrected chi connectivity index (χ4v) is 1.84. The lowest BCUT2D eigenvalue weighted by molar-refractivity contribution is -0.116. The first kappa shape index (κ1) is 14.0. The Balaban J connectivity index is 1.82. The van der Waals surface area contributed by atoms with Crippen molar-refractivity contribution in [1.29, 1.82) is 0 Å². The van der Waals surface area contributed by atoms with Crippen molar-refractivity contribution in [1.82, 2.24) is 9.78 Å². The fraction of sp³-hybridized carbons (Fsp3) is 0.286. The smallest absolute Gasteiger partial charge is 0.224 e. The molecule has 0 unspecified atom stereocenters. The molecule has 2 rings (SSSR count). The molecule has 0 aliphatic heterocycles. The van der Waals surface area contributed by atoms with E-state index in [-0.39, 0.29) is 11.6 Å². The van der Waals surface area contributed by atoms with Crippen LogP contribution in [0.25, 0.3) is 0 Å². The second-order valence-electron chi connectivity index (χ2n) is 4.61. The molecule has 1 aromatic carbocycles. The van der Waals surface area contributed by atoms with Crippen molar-refractivity contribution in [3.05, 3.63) is 42.0 Å². The number of hydrogen-bond donors (Lipinski definition) is 2. The van der Waals surface area contributed by atoms with Gasteiger partial charge in [0.25, 0.3) is 0 Å². The van der Waals surface area contributed by atoms with Crippen LogP contribution in [0.3, 0.4) is 0 Å². The Bertz CT molecular complexity index is 609. The van der Waals surface area contributed by atoms with E-state index >= 15 is 0 Å². The van der Waals surface area contributed by atoms with Crippen LogP contribution in [0.1, 0.15) is 18.5 Å². The number of aryl methyl sites for hydroxylation is 2. The molecule has 1 aromatic heterocycles. The van der Waals surface area contributed by atoms with Gasteiger partial charge in [-0.15, -0.1) is 0 Å². The number of aromatic nitrogens is 2. The third kappa shape index (κ3) is 3.81. The molecule has 0 atom stereocenters. The van der Waals surface area contributed by atoms with Crippen LogP contribution in [0.15, 0.2) is 30.5 Å². The lowest BCUT2D eigenvalue weighted by Crippen LogP contribution is -2.13. The summed E-state index contributed by atoms with van der Waals surface area (Å²) in [6.45, 7) is 2.56. The van der Waals surface area contributed by atoms with Gasteiger partial charge < -0.3 is 11.1 Å². The summed E-state index contributed by atoms with van der Waals surface area (Å²) in [7, 11) is 0. The van der Waals surface area contributed by atoms with Crippen LogP contribution >= 0.6 is 0 Å². The van der Waals surface area contributed by atoms with Gasteiger partial charge in [0.15, 0.2) is 0 Å². The third-order valence-electron chi connectivity index (χ3n) is 2.83. The minimum absolute atomic E-state index is 0.116. The highest BCUT2D eigenvalue weighted by atomic mass is 19.1. The summed E-state index contributed by atoms with van der Waals surface area (Å²) in [5.41, 5.74) is 7.02. The molecule has 2 aromatic rings. The number of nitrogens with two attached hydrogens (primary N) is 1. The Morgan fingerprint density at radius 1 is 1.45 bits per heavy atom. The molecule has 0 bridgehead atoms. The van der Waals surface area contributed by atoms with Crippen molar-refractivity contribution in [3.63, 3.8) is 0 Å². The molecule has 1 heterocycles. The molecular formula is C14H17FN4O. The van der Waals surface area contributed by atoms with Gasteiger partial charge in [-0.1, -0.05) is 0 Å². The van der Waals surface area contributed by atoms with Gasteiger partial charge >= 0.3 is 0 Å². The number of nitrogens with one attached hydrogen (secondary N) is 1. The Morgan fingerprint density at radius 2 is 2.25 bits per heavy atom. The van der Waals surface area contributed by atoms with Crippen LogP contribution in [0.4, 0.5) is 15.8 Å². The minimum atomic E-state index is -0.491. The second-order valence-corrected chi connectivity index (χ2v) is 4.61. The number of rotatable bonds is 5. The summed E-state index contributed by atoms with van der Waals surface area (Å²) in [6, 6.07) is 5.99. The first-order chi connectivity index (χ1) is 9.54. The molecule has 0 radical (unpaired) electrons. The molecule has 0 spiro atoms. The van der Waals surface area contributed by atoms with Crippen LogP contribution in [0.2, 0.25) is 0 Å². The van der Waals surface area contributed by atoms with Crippen LogP contribution in [-0.2, 0) is 11.3 Å². The highest BCUT2D eigenvalue weighted by Gasteiger charge is 2.07. The second kappa shape index (κ2) is 6.18. The molecule has 20 heavy (non-hydrogen) atoms. The van der Waals surface area contributed by atoms with Gasteiger partial charge in [-0.05, 0) is 37.6 Å². The summed E-state index contributed by atoms with van der Waals surface area (Å²) in [5, 5.41) is 6.74. The van der Waals surface area contributed by atoms with E-state index in [1.807, 2.05) is 19.2 Å². The van der Waals surface area contributed by atoms with Gasteiger partial charge in [0.05, 0.1) is 11.4 Å². The van der Waals surface area contributed by atoms with Gasteiger partial charge in [-0.2, -0.15) is 5.10 Å². The third-order valence-corrected chi connectivity index (χ3v) is 2.83. The molecule has 0 aliphatic carbocycles. The zero-order valence-electron chi connectivity index (χ0n) is 11.3. The van der Waals surface area contributed by atoms with Crippen molar-refractivity contribution in [2.24, 2.45) is 0 Å². The Morgan fingerprint density at radius 3 is 2.95 bits per heavy atom. The topological polar surface area (TPSA) is 72.9 Å². The van der Waals surface area contributed by atoms with E-state index in [1.54, 1.807) is 4.68 Å². The molecule has 0 saturated carbocycles. The molecule has 6 heteroatoms. The number of benzene rings is 1. The zero-order valence-corrected chi connectivity index (χ0v) is 11.3. The maximum absolute atomic E-state index is 13.4. The lowest BCUT2D eigenvalue weighted by Gasteiger charge is -2.07. The fourth-order valence-electron chi connectivity index (χ4n) is 1.84. The number of carbonyl (C=O) groups excluding carboxylic acids is 1. The lowest BCUT2D eigenvalue weighted by atomic mass is 10.2. The zero-order chi connectivity index (χ0) is 14.5. The minimum Gasteiger partial charge on any atom is -0.399 e. The number of halogens is 1. The van der Waals surface area contributed by atoms with E-state index in [4.69, 9.17) is 5.73 Å². The number of anilines is 2. The largest absolute Gasteiger partial charge is 0.399 e. The summed E-state index contributed by atoms with van der Waals surface area (Å²) in [4.78, 5) is 11.7. The maximum atomic E-state index is 13.4. The van der Waals surface area contributed by atoms with E-state index < -0.39 is 5.82 Å². The maximum Gasteiger partial charge on any atom is 0.224 e. The van der Waals surface area contributed by atoms with E-state index in [2.05, 4.69) is 10.4 Å². The number of nitrogens with zero attached hydrogens (tertiary/aromatic N) is 2. The van der Waals surface area contributed by atoms with Crippen LogP contribution < -0.4 is 11.1 Å². The van der Waals surface area contributed by atoms with Crippen LogP contribution in [0.5, 0.6) is 0 Å². The standard InChI is InChI=1S/C14H17FN4O/c1-10-6-8-19(18-10)7-2-3-14(20)17-13-9-11(16)4-5-12(13)15/h4-6,8-9H,2-3,7,16H2,1H3,(H,17,20). The van der Waals surface area contributed by atoms with Crippen molar-refractivity contribution < 1.29 is 9.18 Å². The SMILES string of the molecule is Cc1ccn(CCCC(=O)Nc2cc(N)ccc2F)n1. The molecule has 1 amide bonds. The highest BCUT2D eigenvalue weighted by molar-refractivity contribution is 5.91. The first-order valence-corrected chi connectivity index (χ1v) is 6.39. The van der Waals surface area contributed by atoms with Crippen molar-refractivity contribution >= 4 is 17.3 Å². The number of hydrogen-bond acceptors (Lipinski definition) is 3.